The normalized spacial score (nSPS) is 20.7. The van der Waals surface area contributed by atoms with Crippen molar-refractivity contribution in [3.05, 3.63) is 71.8 Å². The number of fused-ring (bicyclic) bond motifs is 1. The minimum absolute atomic E-state index is 0.222. The van der Waals surface area contributed by atoms with Gasteiger partial charge in [0.05, 0.1) is 35.4 Å². The summed E-state index contributed by atoms with van der Waals surface area (Å²) < 4.78 is 1.77. The Morgan fingerprint density at radius 1 is 0.909 bits per heavy atom. The third kappa shape index (κ3) is 7.79. The fourth-order valence-corrected chi connectivity index (χ4v) is 8.28. The number of aromatic nitrogens is 5. The van der Waals surface area contributed by atoms with E-state index in [1.54, 1.807) is 22.0 Å². The summed E-state index contributed by atoms with van der Waals surface area (Å²) in [4.78, 5) is 41.7. The molecule has 1 aromatic carbocycles. The Bertz CT molecular complexity index is 2120. The van der Waals surface area contributed by atoms with Crippen LogP contribution in [-0.4, -0.2) is 93.7 Å². The number of imide groups is 1. The minimum atomic E-state index is -0.428. The minimum Gasteiger partial charge on any atom is -0.369 e. The van der Waals surface area contributed by atoms with Crippen molar-refractivity contribution >= 4 is 40.6 Å². The van der Waals surface area contributed by atoms with E-state index in [1.165, 1.54) is 19.3 Å². The van der Waals surface area contributed by atoms with Gasteiger partial charge in [-0.1, -0.05) is 5.21 Å². The lowest BCUT2D eigenvalue weighted by molar-refractivity contribution is -0.120. The number of rotatable bonds is 10. The summed E-state index contributed by atoms with van der Waals surface area (Å²) in [5.41, 5.74) is 5.99. The van der Waals surface area contributed by atoms with Crippen LogP contribution in [0.25, 0.3) is 5.69 Å². The molecule has 1 saturated carbocycles. The number of carbonyl (C=O) groups is 2. The number of anilines is 5. The van der Waals surface area contributed by atoms with Gasteiger partial charge in [-0.3, -0.25) is 19.9 Å². The number of nitriles is 2. The molecule has 3 amide bonds. The lowest BCUT2D eigenvalue weighted by atomic mass is 9.79. The molecular formula is C40H45N13O2. The number of nitrogens with one attached hydrogen (secondary N) is 2. The van der Waals surface area contributed by atoms with Gasteiger partial charge in [0.15, 0.2) is 0 Å². The van der Waals surface area contributed by atoms with Crippen LogP contribution in [0.5, 0.6) is 0 Å². The molecule has 0 spiro atoms. The zero-order valence-corrected chi connectivity index (χ0v) is 31.1. The van der Waals surface area contributed by atoms with Gasteiger partial charge in [0, 0.05) is 75.2 Å². The monoisotopic (exact) mass is 739 g/mol. The number of benzene rings is 1. The molecule has 3 aromatic heterocycles. The molecular weight excluding hydrogens is 695 g/mol. The highest BCUT2D eigenvalue weighted by molar-refractivity contribution is 6.05. The molecule has 2 saturated heterocycles. The van der Waals surface area contributed by atoms with Crippen molar-refractivity contribution in [1.82, 2.24) is 35.2 Å². The van der Waals surface area contributed by atoms with Gasteiger partial charge in [-0.25, -0.2) is 19.4 Å². The van der Waals surface area contributed by atoms with Crippen LogP contribution in [0.15, 0.2) is 55.0 Å². The molecule has 8 rings (SSSR count). The quantitative estimate of drug-likeness (QED) is 0.226. The van der Waals surface area contributed by atoms with Gasteiger partial charge in [-0.15, -0.1) is 5.10 Å². The van der Waals surface area contributed by atoms with Crippen molar-refractivity contribution < 1.29 is 9.59 Å². The van der Waals surface area contributed by atoms with Crippen molar-refractivity contribution in [2.24, 2.45) is 5.92 Å². The van der Waals surface area contributed by atoms with Gasteiger partial charge in [0.2, 0.25) is 5.91 Å². The maximum atomic E-state index is 12.2. The second-order valence-corrected chi connectivity index (χ2v) is 15.0. The molecule has 3 fully saturated rings. The third-order valence-corrected chi connectivity index (χ3v) is 11.5. The number of amides is 3. The summed E-state index contributed by atoms with van der Waals surface area (Å²) in [7, 11) is 0. The zero-order chi connectivity index (χ0) is 37.9. The Morgan fingerprint density at radius 2 is 1.67 bits per heavy atom. The molecule has 15 nitrogen and oxygen atoms in total. The van der Waals surface area contributed by atoms with Crippen molar-refractivity contribution in [3.8, 4) is 17.8 Å². The Kier molecular flexibility index (Phi) is 10.3. The van der Waals surface area contributed by atoms with E-state index < -0.39 is 6.04 Å². The van der Waals surface area contributed by atoms with E-state index in [2.05, 4.69) is 60.0 Å². The van der Waals surface area contributed by atoms with Crippen LogP contribution in [0.2, 0.25) is 0 Å². The van der Waals surface area contributed by atoms with E-state index in [9.17, 15) is 20.1 Å². The molecule has 0 unspecified atom stereocenters. The first kappa shape index (κ1) is 35.9. The van der Waals surface area contributed by atoms with Crippen LogP contribution < -0.4 is 25.3 Å². The fraction of sp³-hybridized carbons (Fsp3) is 0.450. The van der Waals surface area contributed by atoms with Crippen LogP contribution in [0, 0.1) is 28.6 Å². The molecule has 55 heavy (non-hydrogen) atoms. The number of piperazine rings is 1. The molecule has 282 valence electrons. The number of pyridine rings is 2. The van der Waals surface area contributed by atoms with E-state index >= 15 is 0 Å². The topological polar surface area (TPSA) is 175 Å². The standard InChI is InChI=1S/C40H45N13O2/c1-27(22-41)45-34-21-37(52-14-11-31-20-29(23-42)24-44-39(31)52)43-25-36(34)53-26-35(47-48-53)30-4-2-28(3-5-30)10-13-49-16-18-50(19-17-49)32-6-8-33(9-7-32)51-15-12-38(54)46-40(51)55/h6-9,20-21,24-28,30H,2-5,10-19H2,1H3,(H,43,45)(H,46,54,55)/t27-,28?,30?/m1/s1. The van der Waals surface area contributed by atoms with Gasteiger partial charge < -0.3 is 15.1 Å². The van der Waals surface area contributed by atoms with Crippen LogP contribution in [-0.2, 0) is 11.2 Å². The summed E-state index contributed by atoms with van der Waals surface area (Å²) in [6.45, 7) is 8.04. The van der Waals surface area contributed by atoms with Crippen molar-refractivity contribution in [3.63, 3.8) is 0 Å². The van der Waals surface area contributed by atoms with Crippen molar-refractivity contribution in [2.75, 3.05) is 65.8 Å². The molecule has 1 atom stereocenters. The van der Waals surface area contributed by atoms with Crippen LogP contribution in [0.3, 0.4) is 0 Å². The van der Waals surface area contributed by atoms with E-state index in [0.717, 1.165) is 91.8 Å². The summed E-state index contributed by atoms with van der Waals surface area (Å²) in [6.07, 6.45) is 12.2. The average Bonchev–Trinajstić information content (AvgIpc) is 3.88. The predicted octanol–water partition coefficient (Wildman–Crippen LogP) is 4.88. The fourth-order valence-electron chi connectivity index (χ4n) is 8.28. The predicted molar refractivity (Wildman–Crippen MR) is 207 cm³/mol. The third-order valence-electron chi connectivity index (χ3n) is 11.5. The number of carbonyl (C=O) groups excluding carboxylic acids is 2. The van der Waals surface area contributed by atoms with Gasteiger partial charge >= 0.3 is 6.03 Å². The highest BCUT2D eigenvalue weighted by Gasteiger charge is 2.28. The molecule has 1 aliphatic carbocycles. The van der Waals surface area contributed by atoms with Crippen LogP contribution in [0.4, 0.5) is 33.5 Å². The summed E-state index contributed by atoms with van der Waals surface area (Å²) in [5.74, 6) is 2.35. The molecule has 0 bridgehead atoms. The van der Waals surface area contributed by atoms with E-state index in [4.69, 9.17) is 4.98 Å². The summed E-state index contributed by atoms with van der Waals surface area (Å²) in [6, 6.07) is 15.6. The molecule has 15 heteroatoms. The van der Waals surface area contributed by atoms with E-state index in [0.29, 0.717) is 42.7 Å². The second-order valence-electron chi connectivity index (χ2n) is 15.0. The van der Waals surface area contributed by atoms with E-state index in [1.807, 2.05) is 42.3 Å². The highest BCUT2D eigenvalue weighted by atomic mass is 16.2. The number of hydrogen-bond donors (Lipinski definition) is 2. The summed E-state index contributed by atoms with van der Waals surface area (Å²) in [5, 5.41) is 33.7. The first-order valence-electron chi connectivity index (χ1n) is 19.3. The van der Waals surface area contributed by atoms with Crippen molar-refractivity contribution in [2.45, 2.75) is 63.8 Å². The first-order chi connectivity index (χ1) is 26.8. The second kappa shape index (κ2) is 15.7. The van der Waals surface area contributed by atoms with Gasteiger partial charge in [0.25, 0.3) is 0 Å². The van der Waals surface area contributed by atoms with E-state index in [-0.39, 0.29) is 11.9 Å². The maximum absolute atomic E-state index is 12.2. The largest absolute Gasteiger partial charge is 0.369 e. The molecule has 0 radical (unpaired) electrons. The van der Waals surface area contributed by atoms with Crippen molar-refractivity contribution in [1.29, 1.82) is 10.5 Å². The maximum Gasteiger partial charge on any atom is 0.328 e. The van der Waals surface area contributed by atoms with Gasteiger partial charge in [-0.05, 0) is 93.8 Å². The summed E-state index contributed by atoms with van der Waals surface area (Å²) >= 11 is 0. The SMILES string of the molecule is C[C@H](C#N)Nc1cc(N2CCc3cc(C#N)cnc32)ncc1-n1cc(C2CCC(CCN3CCN(c4ccc(N5CCC(=O)NC5=O)cc4)CC3)CC2)nn1. The number of hydrogen-bond acceptors (Lipinski definition) is 12. The molecule has 3 aliphatic heterocycles. The Labute approximate surface area is 320 Å². The highest BCUT2D eigenvalue weighted by Crippen LogP contribution is 2.38. The Hall–Kier alpha value is -6.06. The van der Waals surface area contributed by atoms with Gasteiger partial charge in [0.1, 0.15) is 29.4 Å². The lowest BCUT2D eigenvalue weighted by Gasteiger charge is -2.37. The average molecular weight is 740 g/mol. The van der Waals surface area contributed by atoms with Crippen LogP contribution in [0.1, 0.15) is 68.2 Å². The lowest BCUT2D eigenvalue weighted by Crippen LogP contribution is -2.49. The smallest absolute Gasteiger partial charge is 0.328 e. The molecule has 4 aromatic rings. The Morgan fingerprint density at radius 3 is 2.42 bits per heavy atom. The number of nitrogens with zero attached hydrogens (tertiary/aromatic N) is 11. The zero-order valence-electron chi connectivity index (χ0n) is 31.1. The Balaban J connectivity index is 0.827. The van der Waals surface area contributed by atoms with Gasteiger partial charge in [-0.2, -0.15) is 10.5 Å². The first-order valence-corrected chi connectivity index (χ1v) is 19.3. The molecule has 6 heterocycles. The molecule has 4 aliphatic rings. The number of urea groups is 1. The van der Waals surface area contributed by atoms with Crippen LogP contribution >= 0.6 is 0 Å². The molecule has 2 N–H and O–H groups in total.